The highest BCUT2D eigenvalue weighted by molar-refractivity contribution is 6.40. The molecule has 0 radical (unpaired) electrons. The Hall–Kier alpha value is -6.90. The topological polar surface area (TPSA) is 173 Å². The number of fused-ring (bicyclic) bond motifs is 12. The van der Waals surface area contributed by atoms with Crippen LogP contribution in [0, 0.1) is 0 Å². The molecule has 0 unspecified atom stereocenters. The number of benzene rings is 4. The highest BCUT2D eigenvalue weighted by Crippen LogP contribution is 2.51. The zero-order valence-corrected chi connectivity index (χ0v) is 30.7. The Bertz CT molecular complexity index is 2890. The molecule has 0 spiro atoms. The summed E-state index contributed by atoms with van der Waals surface area (Å²) in [6, 6.07) is 9.72. The van der Waals surface area contributed by atoms with Crippen molar-refractivity contribution in [2.24, 2.45) is 21.1 Å². The van der Waals surface area contributed by atoms with Gasteiger partial charge in [0.25, 0.3) is 0 Å². The summed E-state index contributed by atoms with van der Waals surface area (Å²) < 4.78 is 38.9. The number of hydrogen-bond acceptors (Lipinski definition) is 12. The maximum Gasteiger partial charge on any atom is 0.308 e. The molecule has 4 aromatic carbocycles. The first-order valence-corrected chi connectivity index (χ1v) is 16.6. The first-order chi connectivity index (χ1) is 25.5. The van der Waals surface area contributed by atoms with Crippen LogP contribution in [0.4, 0.5) is 0 Å². The van der Waals surface area contributed by atoms with Crippen LogP contribution in [0.1, 0.15) is 41.5 Å². The van der Waals surface area contributed by atoms with Gasteiger partial charge in [0.2, 0.25) is 0 Å². The molecule has 0 aliphatic rings. The van der Waals surface area contributed by atoms with E-state index in [9.17, 15) is 28.8 Å². The Balaban J connectivity index is 1.79. The quantitative estimate of drug-likeness (QED) is 0.141. The number of carbonyl (C=O) groups is 6. The predicted octanol–water partition coefficient (Wildman–Crippen LogP) is 6.17. The third-order valence-electron chi connectivity index (χ3n) is 9.03. The maximum absolute atomic E-state index is 12.3. The molecule has 54 heavy (non-hydrogen) atoms. The summed E-state index contributed by atoms with van der Waals surface area (Å²) >= 11 is 0. The minimum Gasteiger partial charge on any atom is -0.423 e. The normalized spacial score (nSPS) is 11.5. The first-order valence-electron chi connectivity index (χ1n) is 16.6. The third kappa shape index (κ3) is 5.60. The molecule has 7 rings (SSSR count). The van der Waals surface area contributed by atoms with Crippen LogP contribution in [-0.4, -0.2) is 49.5 Å². The standard InChI is InChI=1S/C39H33N3O12/c1-16(43)49-28-10-22-25(13-31(28)52-19(4)46)40(7)37-34(22)35-23-11-29(50-17(2)44)32(53-20(5)47)14-26(23)41(8)38(35)39-36(37)24-12-30(51-18(3)45)33(54-21(6)48)15-27(24)42(39)9/h10-15H,1-9H3. The van der Waals surface area contributed by atoms with E-state index in [2.05, 4.69) is 0 Å². The summed E-state index contributed by atoms with van der Waals surface area (Å²) in [5.74, 6) is -3.65. The minimum atomic E-state index is -0.639. The van der Waals surface area contributed by atoms with E-state index in [0.29, 0.717) is 65.4 Å². The van der Waals surface area contributed by atoms with E-state index in [0.717, 1.165) is 0 Å². The second kappa shape index (κ2) is 12.6. The molecule has 0 atom stereocenters. The second-order valence-electron chi connectivity index (χ2n) is 12.9. The van der Waals surface area contributed by atoms with Crippen LogP contribution in [-0.2, 0) is 49.9 Å². The average molecular weight is 736 g/mol. The van der Waals surface area contributed by atoms with Gasteiger partial charge >= 0.3 is 35.8 Å². The number of ether oxygens (including phenoxy) is 6. The molecule has 3 aromatic heterocycles. The van der Waals surface area contributed by atoms with Gasteiger partial charge in [-0.3, -0.25) is 28.8 Å². The molecule has 276 valence electrons. The van der Waals surface area contributed by atoms with E-state index >= 15 is 0 Å². The molecule has 0 aliphatic heterocycles. The van der Waals surface area contributed by atoms with Crippen LogP contribution in [0.15, 0.2) is 36.4 Å². The molecular weight excluding hydrogens is 702 g/mol. The number of carbonyl (C=O) groups excluding carboxylic acids is 6. The fraction of sp³-hybridized carbons (Fsp3) is 0.231. The van der Waals surface area contributed by atoms with Gasteiger partial charge in [0.05, 0.1) is 33.1 Å². The molecule has 0 amide bonds. The lowest BCUT2D eigenvalue weighted by molar-refractivity contribution is -0.134. The van der Waals surface area contributed by atoms with Gasteiger partial charge < -0.3 is 42.1 Å². The fourth-order valence-corrected chi connectivity index (χ4v) is 7.33. The summed E-state index contributed by atoms with van der Waals surface area (Å²) in [6.45, 7) is 7.41. The summed E-state index contributed by atoms with van der Waals surface area (Å²) in [4.78, 5) is 73.3. The smallest absolute Gasteiger partial charge is 0.308 e. The SMILES string of the molecule is CC(=O)Oc1cc2c3c4c5cc(OC(C)=O)c(OC(C)=O)cc5n(C)c4c4c(c5cc(OC(C)=O)c(OC(C)=O)cc5n4C)c3n(C)c2cc1OC(C)=O. The Labute approximate surface area is 305 Å². The monoisotopic (exact) mass is 735 g/mol. The molecule has 0 fully saturated rings. The van der Waals surface area contributed by atoms with Crippen molar-refractivity contribution in [3.63, 3.8) is 0 Å². The van der Waals surface area contributed by atoms with E-state index in [1.807, 2.05) is 34.8 Å². The van der Waals surface area contributed by atoms with E-state index in [4.69, 9.17) is 28.4 Å². The Morgan fingerprint density at radius 1 is 0.352 bits per heavy atom. The van der Waals surface area contributed by atoms with Gasteiger partial charge in [0.1, 0.15) is 0 Å². The largest absolute Gasteiger partial charge is 0.423 e. The molecule has 0 N–H and O–H groups in total. The molecule has 0 saturated heterocycles. The highest BCUT2D eigenvalue weighted by atomic mass is 16.6. The molecule has 3 heterocycles. The van der Waals surface area contributed by atoms with Crippen LogP contribution in [0.5, 0.6) is 34.5 Å². The van der Waals surface area contributed by atoms with Gasteiger partial charge in [-0.15, -0.1) is 0 Å². The molecule has 0 saturated carbocycles. The van der Waals surface area contributed by atoms with Crippen molar-refractivity contribution in [2.45, 2.75) is 41.5 Å². The van der Waals surface area contributed by atoms with E-state index in [1.54, 1.807) is 36.4 Å². The van der Waals surface area contributed by atoms with Crippen molar-refractivity contribution in [3.05, 3.63) is 36.4 Å². The minimum absolute atomic E-state index is 0.00465. The zero-order valence-electron chi connectivity index (χ0n) is 30.7. The van der Waals surface area contributed by atoms with Crippen molar-refractivity contribution < 1.29 is 57.2 Å². The molecule has 0 bridgehead atoms. The highest BCUT2D eigenvalue weighted by Gasteiger charge is 2.29. The summed E-state index contributed by atoms with van der Waals surface area (Å²) in [5.41, 5.74) is 3.87. The fourth-order valence-electron chi connectivity index (χ4n) is 7.33. The number of esters is 6. The van der Waals surface area contributed by atoms with Crippen molar-refractivity contribution in [1.29, 1.82) is 0 Å². The van der Waals surface area contributed by atoms with Crippen LogP contribution >= 0.6 is 0 Å². The van der Waals surface area contributed by atoms with Gasteiger partial charge in [0, 0.05) is 113 Å². The van der Waals surface area contributed by atoms with Crippen molar-refractivity contribution in [3.8, 4) is 34.5 Å². The number of rotatable bonds is 6. The van der Waals surface area contributed by atoms with Crippen molar-refractivity contribution in [2.75, 3.05) is 0 Å². The Morgan fingerprint density at radius 2 is 0.574 bits per heavy atom. The Morgan fingerprint density at radius 3 is 0.870 bits per heavy atom. The molecule has 0 aliphatic carbocycles. The van der Waals surface area contributed by atoms with Crippen LogP contribution in [0.2, 0.25) is 0 Å². The lowest BCUT2D eigenvalue weighted by Gasteiger charge is -2.10. The second-order valence-corrected chi connectivity index (χ2v) is 12.9. The molecule has 15 heteroatoms. The van der Waals surface area contributed by atoms with Crippen molar-refractivity contribution >= 4 is 101 Å². The summed E-state index contributed by atoms with van der Waals surface area (Å²) in [6.07, 6.45) is 0. The van der Waals surface area contributed by atoms with E-state index < -0.39 is 35.8 Å². The zero-order chi connectivity index (χ0) is 39.1. The van der Waals surface area contributed by atoms with Crippen molar-refractivity contribution in [1.82, 2.24) is 13.7 Å². The Kier molecular flexibility index (Phi) is 8.32. The van der Waals surface area contributed by atoms with Gasteiger partial charge in [-0.1, -0.05) is 0 Å². The number of aromatic nitrogens is 3. The maximum atomic E-state index is 12.3. The van der Waals surface area contributed by atoms with Gasteiger partial charge in [-0.2, -0.15) is 0 Å². The van der Waals surface area contributed by atoms with Crippen LogP contribution < -0.4 is 28.4 Å². The summed E-state index contributed by atoms with van der Waals surface area (Å²) in [5, 5.41) is 3.90. The third-order valence-corrected chi connectivity index (χ3v) is 9.03. The number of hydrogen-bond donors (Lipinski definition) is 0. The lowest BCUT2D eigenvalue weighted by atomic mass is 10.0. The molecule has 7 aromatic rings. The lowest BCUT2D eigenvalue weighted by Crippen LogP contribution is -2.07. The first kappa shape index (κ1) is 35.5. The predicted molar refractivity (Wildman–Crippen MR) is 196 cm³/mol. The van der Waals surface area contributed by atoms with Gasteiger partial charge in [-0.05, 0) is 18.2 Å². The van der Waals surface area contributed by atoms with Crippen LogP contribution in [0.25, 0.3) is 65.4 Å². The molecular formula is C39H33N3O12. The van der Waals surface area contributed by atoms with Crippen LogP contribution in [0.3, 0.4) is 0 Å². The molecule has 15 nitrogen and oxygen atoms in total. The van der Waals surface area contributed by atoms with Gasteiger partial charge in [-0.25, -0.2) is 0 Å². The van der Waals surface area contributed by atoms with E-state index in [1.165, 1.54) is 41.5 Å². The van der Waals surface area contributed by atoms with E-state index in [-0.39, 0.29) is 34.5 Å². The summed E-state index contributed by atoms with van der Waals surface area (Å²) in [7, 11) is 5.50. The number of aryl methyl sites for hydroxylation is 3. The average Bonchev–Trinajstić information content (AvgIpc) is 3.60. The van der Waals surface area contributed by atoms with Gasteiger partial charge in [0.15, 0.2) is 34.5 Å². The number of nitrogens with zero attached hydrogens (tertiary/aromatic N) is 3.